The van der Waals surface area contributed by atoms with Crippen molar-refractivity contribution < 1.29 is 14.6 Å². The van der Waals surface area contributed by atoms with Crippen molar-refractivity contribution in [1.29, 1.82) is 0 Å². The number of amides is 1. The van der Waals surface area contributed by atoms with Crippen molar-refractivity contribution in [1.82, 2.24) is 24.8 Å². The zero-order valence-electron chi connectivity index (χ0n) is 18.3. The van der Waals surface area contributed by atoms with Crippen LogP contribution in [0.5, 0.6) is 0 Å². The Morgan fingerprint density at radius 2 is 2.29 bits per heavy atom. The summed E-state index contributed by atoms with van der Waals surface area (Å²) in [6.07, 6.45) is 6.08. The highest BCUT2D eigenvalue weighted by molar-refractivity contribution is 7.12. The number of fused-ring (bicyclic) bond motifs is 2. The highest BCUT2D eigenvalue weighted by Gasteiger charge is 2.44. The molecule has 0 radical (unpaired) electrons. The average molecular weight is 446 g/mol. The molecule has 3 aliphatic rings. The first-order valence-electron chi connectivity index (χ1n) is 11.4. The van der Waals surface area contributed by atoms with E-state index in [1.165, 1.54) is 20.2 Å². The molecule has 0 unspecified atom stereocenters. The Kier molecular flexibility index (Phi) is 5.52. The smallest absolute Gasteiger partial charge is 0.407 e. The number of hydrogen-bond acceptors (Lipinski definition) is 6. The summed E-state index contributed by atoms with van der Waals surface area (Å²) in [4.78, 5) is 18.1. The fourth-order valence-corrected chi connectivity index (χ4v) is 6.59. The zero-order chi connectivity index (χ0) is 21.6. The van der Waals surface area contributed by atoms with Gasteiger partial charge in [0, 0.05) is 48.4 Å². The third-order valence-electron chi connectivity index (χ3n) is 7.19. The SMILES string of the molecule is CCc1cc2c(s1)CCO[C@@]21CCN(Cc2cn([C@@H]3CCN(C(=O)O)C3)nn2)[C@@H](C)C1. The van der Waals surface area contributed by atoms with E-state index in [4.69, 9.17) is 4.74 Å². The van der Waals surface area contributed by atoms with E-state index in [-0.39, 0.29) is 11.6 Å². The molecular formula is C22H31N5O3S. The lowest BCUT2D eigenvalue weighted by Crippen LogP contribution is -2.50. The molecule has 0 aliphatic carbocycles. The van der Waals surface area contributed by atoms with Gasteiger partial charge in [-0.05, 0) is 44.2 Å². The van der Waals surface area contributed by atoms with Gasteiger partial charge in [-0.2, -0.15) is 0 Å². The molecule has 168 valence electrons. The summed E-state index contributed by atoms with van der Waals surface area (Å²) in [7, 11) is 0. The first-order chi connectivity index (χ1) is 15.0. The third-order valence-corrected chi connectivity index (χ3v) is 8.53. The number of hydrogen-bond donors (Lipinski definition) is 1. The van der Waals surface area contributed by atoms with Crippen molar-refractivity contribution in [3.05, 3.63) is 33.3 Å². The summed E-state index contributed by atoms with van der Waals surface area (Å²) < 4.78 is 8.31. The Hall–Kier alpha value is -1.97. The van der Waals surface area contributed by atoms with Gasteiger partial charge in [0.1, 0.15) is 0 Å². The number of carboxylic acid groups (broad SMARTS) is 1. The minimum absolute atomic E-state index is 0.0832. The van der Waals surface area contributed by atoms with Gasteiger partial charge in [-0.3, -0.25) is 4.90 Å². The van der Waals surface area contributed by atoms with Crippen LogP contribution in [0.25, 0.3) is 0 Å². The van der Waals surface area contributed by atoms with E-state index >= 15 is 0 Å². The Labute approximate surface area is 186 Å². The van der Waals surface area contributed by atoms with Crippen LogP contribution in [0, 0.1) is 0 Å². The molecule has 3 aliphatic heterocycles. The van der Waals surface area contributed by atoms with Gasteiger partial charge in [0.05, 0.1) is 30.1 Å². The van der Waals surface area contributed by atoms with Gasteiger partial charge in [-0.15, -0.1) is 16.4 Å². The lowest BCUT2D eigenvalue weighted by molar-refractivity contribution is -0.112. The van der Waals surface area contributed by atoms with E-state index in [1.807, 2.05) is 22.2 Å². The number of carbonyl (C=O) groups is 1. The molecule has 1 spiro atoms. The quantitative estimate of drug-likeness (QED) is 0.778. The number of ether oxygens (including phenoxy) is 1. The Bertz CT molecular complexity index is 959. The second-order valence-corrected chi connectivity index (χ2v) is 10.4. The van der Waals surface area contributed by atoms with Crippen molar-refractivity contribution in [3.63, 3.8) is 0 Å². The molecule has 5 rings (SSSR count). The lowest BCUT2D eigenvalue weighted by atomic mass is 9.79. The number of likely N-dealkylation sites (tertiary alicyclic amines) is 2. The molecule has 8 nitrogen and oxygen atoms in total. The molecule has 9 heteroatoms. The van der Waals surface area contributed by atoms with Gasteiger partial charge < -0.3 is 14.7 Å². The lowest BCUT2D eigenvalue weighted by Gasteiger charge is -2.47. The van der Waals surface area contributed by atoms with E-state index in [9.17, 15) is 9.90 Å². The minimum atomic E-state index is -0.858. The van der Waals surface area contributed by atoms with Crippen LogP contribution in [0.1, 0.15) is 60.2 Å². The first kappa shape index (κ1) is 20.9. The fraction of sp³-hybridized carbons (Fsp3) is 0.682. The largest absolute Gasteiger partial charge is 0.465 e. The van der Waals surface area contributed by atoms with Crippen LogP contribution < -0.4 is 0 Å². The summed E-state index contributed by atoms with van der Waals surface area (Å²) in [6, 6.07) is 2.87. The van der Waals surface area contributed by atoms with E-state index in [1.54, 1.807) is 0 Å². The molecule has 31 heavy (non-hydrogen) atoms. The molecule has 2 aromatic heterocycles. The molecule has 0 bridgehead atoms. The topological polar surface area (TPSA) is 83.7 Å². The molecule has 2 aromatic rings. The number of rotatable bonds is 4. The van der Waals surface area contributed by atoms with E-state index in [0.717, 1.165) is 57.5 Å². The molecule has 5 heterocycles. The molecule has 2 fully saturated rings. The summed E-state index contributed by atoms with van der Waals surface area (Å²) >= 11 is 1.97. The summed E-state index contributed by atoms with van der Waals surface area (Å²) in [6.45, 7) is 8.13. The van der Waals surface area contributed by atoms with E-state index in [0.29, 0.717) is 19.1 Å². The first-order valence-corrected chi connectivity index (χ1v) is 12.2. The molecule has 2 saturated heterocycles. The van der Waals surface area contributed by atoms with Gasteiger partial charge in [0.25, 0.3) is 0 Å². The predicted octanol–water partition coefficient (Wildman–Crippen LogP) is 3.28. The van der Waals surface area contributed by atoms with Crippen molar-refractivity contribution in [2.24, 2.45) is 0 Å². The zero-order valence-corrected chi connectivity index (χ0v) is 19.1. The van der Waals surface area contributed by atoms with Crippen LogP contribution in [0.15, 0.2) is 12.3 Å². The number of nitrogens with zero attached hydrogens (tertiary/aromatic N) is 5. The molecule has 0 saturated carbocycles. The number of aromatic nitrogens is 3. The molecule has 3 atom stereocenters. The van der Waals surface area contributed by atoms with Gasteiger partial charge >= 0.3 is 6.09 Å². The molecule has 1 N–H and O–H groups in total. The monoisotopic (exact) mass is 445 g/mol. The second-order valence-electron chi connectivity index (χ2n) is 9.13. The van der Waals surface area contributed by atoms with Crippen LogP contribution in [0.3, 0.4) is 0 Å². The predicted molar refractivity (Wildman–Crippen MR) is 117 cm³/mol. The molecule has 0 aromatic carbocycles. The maximum Gasteiger partial charge on any atom is 0.407 e. The van der Waals surface area contributed by atoms with Gasteiger partial charge in [-0.1, -0.05) is 12.1 Å². The molecule has 1 amide bonds. The number of aryl methyl sites for hydroxylation is 1. The van der Waals surface area contributed by atoms with Gasteiger partial charge in [-0.25, -0.2) is 9.48 Å². The van der Waals surface area contributed by atoms with Gasteiger partial charge in [0.2, 0.25) is 0 Å². The molecular weight excluding hydrogens is 414 g/mol. The van der Waals surface area contributed by atoms with Crippen LogP contribution in [0.2, 0.25) is 0 Å². The second kappa shape index (κ2) is 8.18. The van der Waals surface area contributed by atoms with Crippen LogP contribution in [-0.2, 0) is 29.7 Å². The average Bonchev–Trinajstić information content (AvgIpc) is 3.49. The fourth-order valence-electron chi connectivity index (χ4n) is 5.41. The van der Waals surface area contributed by atoms with Crippen molar-refractivity contribution in [2.75, 3.05) is 26.2 Å². The summed E-state index contributed by atoms with van der Waals surface area (Å²) in [5.74, 6) is 0. The normalized spacial score (nSPS) is 28.9. The summed E-state index contributed by atoms with van der Waals surface area (Å²) in [5.41, 5.74) is 2.27. The standard InChI is InChI=1S/C22H31N5O3S/c1-3-18-10-19-20(31-18)5-9-30-22(19)6-8-25(15(2)11-22)12-16-13-27(24-23-16)17-4-7-26(14-17)21(28)29/h10,13,15,17H,3-9,11-12,14H2,1-2H3,(H,28,29)/t15-,17+,22+/m0/s1. The summed E-state index contributed by atoms with van der Waals surface area (Å²) in [5, 5.41) is 17.9. The van der Waals surface area contributed by atoms with Crippen LogP contribution in [0.4, 0.5) is 4.79 Å². The Morgan fingerprint density at radius 3 is 3.03 bits per heavy atom. The Balaban J connectivity index is 1.24. The number of piperidine rings is 1. The number of thiophene rings is 1. The van der Waals surface area contributed by atoms with Crippen molar-refractivity contribution >= 4 is 17.4 Å². The van der Waals surface area contributed by atoms with E-state index in [2.05, 4.69) is 35.1 Å². The maximum absolute atomic E-state index is 11.2. The minimum Gasteiger partial charge on any atom is -0.465 e. The third kappa shape index (κ3) is 3.87. The maximum atomic E-state index is 11.2. The van der Waals surface area contributed by atoms with Gasteiger partial charge in [0.15, 0.2) is 0 Å². The highest BCUT2D eigenvalue weighted by Crippen LogP contribution is 2.46. The Morgan fingerprint density at radius 1 is 1.42 bits per heavy atom. The van der Waals surface area contributed by atoms with Crippen molar-refractivity contribution in [3.8, 4) is 0 Å². The van der Waals surface area contributed by atoms with Crippen molar-refractivity contribution in [2.45, 2.75) is 70.2 Å². The van der Waals surface area contributed by atoms with Crippen LogP contribution in [-0.4, -0.2) is 68.3 Å². The van der Waals surface area contributed by atoms with Crippen LogP contribution >= 0.6 is 11.3 Å². The van der Waals surface area contributed by atoms with E-state index < -0.39 is 6.09 Å². The highest BCUT2D eigenvalue weighted by atomic mass is 32.1.